The van der Waals surface area contributed by atoms with Crippen molar-refractivity contribution < 1.29 is 4.74 Å². The van der Waals surface area contributed by atoms with Crippen molar-refractivity contribution in [2.75, 3.05) is 7.11 Å². The molecule has 0 fully saturated rings. The minimum absolute atomic E-state index is 0.884. The van der Waals surface area contributed by atoms with Crippen LogP contribution in [0.25, 0.3) is 11.6 Å². The maximum absolute atomic E-state index is 5.48. The Bertz CT molecular complexity index is 565. The fourth-order valence-electron chi connectivity index (χ4n) is 1.91. The number of methoxy groups -OCH3 is 1. The van der Waals surface area contributed by atoms with E-state index in [2.05, 4.69) is 37.3 Å². The summed E-state index contributed by atoms with van der Waals surface area (Å²) in [6.07, 6.45) is 4.07. The summed E-state index contributed by atoms with van der Waals surface area (Å²) >= 11 is 0. The van der Waals surface area contributed by atoms with E-state index in [9.17, 15) is 0 Å². The molecule has 0 radical (unpaired) electrons. The normalized spacial score (nSPS) is 12.3. The van der Waals surface area contributed by atoms with Crippen LogP contribution in [0.15, 0.2) is 72.5 Å². The van der Waals surface area contributed by atoms with Gasteiger partial charge < -0.3 is 4.74 Å². The van der Waals surface area contributed by atoms with Crippen LogP contribution in [-0.2, 0) is 4.74 Å². The predicted molar refractivity (Wildman–Crippen MR) is 81.5 cm³/mol. The molecule has 0 atom stereocenters. The number of benzene rings is 2. The maximum Gasteiger partial charge on any atom is 0.122 e. The SMILES string of the molecule is COC(/C=C/c1ccccc1)=C(/C)c1ccccc1. The van der Waals surface area contributed by atoms with Crippen molar-refractivity contribution in [1.82, 2.24) is 0 Å². The van der Waals surface area contributed by atoms with Gasteiger partial charge in [0.15, 0.2) is 0 Å². The highest BCUT2D eigenvalue weighted by Gasteiger charge is 2.01. The predicted octanol–water partition coefficient (Wildman–Crippen LogP) is 4.78. The van der Waals surface area contributed by atoms with Gasteiger partial charge in [0.2, 0.25) is 0 Å². The second-order valence-electron chi connectivity index (χ2n) is 4.30. The molecule has 19 heavy (non-hydrogen) atoms. The third-order valence-corrected chi connectivity index (χ3v) is 3.02. The molecule has 0 saturated carbocycles. The lowest BCUT2D eigenvalue weighted by Gasteiger charge is -2.07. The van der Waals surface area contributed by atoms with Gasteiger partial charge in [-0.25, -0.2) is 0 Å². The number of ether oxygens (including phenoxy) is 1. The van der Waals surface area contributed by atoms with Crippen molar-refractivity contribution in [1.29, 1.82) is 0 Å². The molecule has 0 aliphatic carbocycles. The van der Waals surface area contributed by atoms with Gasteiger partial charge in [-0.05, 0) is 29.7 Å². The molecule has 1 heteroatoms. The van der Waals surface area contributed by atoms with Crippen molar-refractivity contribution in [3.8, 4) is 0 Å². The highest BCUT2D eigenvalue weighted by Crippen LogP contribution is 2.20. The molecular weight excluding hydrogens is 232 g/mol. The monoisotopic (exact) mass is 250 g/mol. The van der Waals surface area contributed by atoms with Gasteiger partial charge in [0.05, 0.1) is 7.11 Å². The third-order valence-electron chi connectivity index (χ3n) is 3.02. The molecule has 0 aliphatic rings. The Labute approximate surface area is 114 Å². The van der Waals surface area contributed by atoms with Crippen LogP contribution in [0.3, 0.4) is 0 Å². The Morgan fingerprint density at radius 1 is 0.895 bits per heavy atom. The quantitative estimate of drug-likeness (QED) is 0.560. The van der Waals surface area contributed by atoms with Gasteiger partial charge in [-0.2, -0.15) is 0 Å². The van der Waals surface area contributed by atoms with E-state index >= 15 is 0 Å². The molecule has 1 nitrogen and oxygen atoms in total. The first-order chi connectivity index (χ1) is 9.31. The highest BCUT2D eigenvalue weighted by molar-refractivity contribution is 5.69. The topological polar surface area (TPSA) is 9.23 Å². The van der Waals surface area contributed by atoms with Crippen LogP contribution < -0.4 is 0 Å². The lowest BCUT2D eigenvalue weighted by molar-refractivity contribution is 0.309. The van der Waals surface area contributed by atoms with Crippen LogP contribution in [0, 0.1) is 0 Å². The molecule has 0 amide bonds. The molecule has 0 N–H and O–H groups in total. The van der Waals surface area contributed by atoms with Crippen LogP contribution >= 0.6 is 0 Å². The zero-order valence-corrected chi connectivity index (χ0v) is 11.3. The molecular formula is C18H18O. The number of allylic oxidation sites excluding steroid dienone is 2. The average molecular weight is 250 g/mol. The molecule has 2 rings (SSSR count). The molecule has 0 saturated heterocycles. The minimum atomic E-state index is 0.884. The summed E-state index contributed by atoms with van der Waals surface area (Å²) in [6, 6.07) is 20.5. The van der Waals surface area contributed by atoms with E-state index in [1.165, 1.54) is 5.56 Å². The van der Waals surface area contributed by atoms with Gasteiger partial charge in [-0.1, -0.05) is 66.7 Å². The number of hydrogen-bond donors (Lipinski definition) is 0. The van der Waals surface area contributed by atoms with Gasteiger partial charge in [0.1, 0.15) is 5.76 Å². The van der Waals surface area contributed by atoms with E-state index < -0.39 is 0 Å². The zero-order valence-electron chi connectivity index (χ0n) is 11.3. The summed E-state index contributed by atoms with van der Waals surface area (Å²) < 4.78 is 5.48. The first kappa shape index (κ1) is 13.2. The molecule has 0 spiro atoms. The van der Waals surface area contributed by atoms with Gasteiger partial charge in [0, 0.05) is 0 Å². The molecule has 0 aromatic heterocycles. The largest absolute Gasteiger partial charge is 0.496 e. The Hall–Kier alpha value is -2.28. The lowest BCUT2D eigenvalue weighted by atomic mass is 10.1. The summed E-state index contributed by atoms with van der Waals surface area (Å²) in [5.74, 6) is 0.884. The molecule has 96 valence electrons. The van der Waals surface area contributed by atoms with Gasteiger partial charge >= 0.3 is 0 Å². The summed E-state index contributed by atoms with van der Waals surface area (Å²) in [5, 5.41) is 0. The standard InChI is InChI=1S/C18H18O/c1-15(17-11-7-4-8-12-17)18(19-2)14-13-16-9-5-3-6-10-16/h3-14H,1-2H3/b14-13+,18-15-. The number of rotatable bonds is 4. The zero-order chi connectivity index (χ0) is 13.5. The molecule has 0 bridgehead atoms. The Balaban J connectivity index is 2.27. The van der Waals surface area contributed by atoms with Crippen molar-refractivity contribution >= 4 is 11.6 Å². The van der Waals surface area contributed by atoms with Crippen LogP contribution in [0.5, 0.6) is 0 Å². The maximum atomic E-state index is 5.48. The van der Waals surface area contributed by atoms with Crippen molar-refractivity contribution in [2.24, 2.45) is 0 Å². The molecule has 2 aromatic carbocycles. The summed E-state index contributed by atoms with van der Waals surface area (Å²) in [7, 11) is 1.71. The lowest BCUT2D eigenvalue weighted by Crippen LogP contribution is -1.89. The van der Waals surface area contributed by atoms with Crippen LogP contribution in [0.1, 0.15) is 18.1 Å². The van der Waals surface area contributed by atoms with Gasteiger partial charge in [0.25, 0.3) is 0 Å². The fourth-order valence-corrected chi connectivity index (χ4v) is 1.91. The summed E-state index contributed by atoms with van der Waals surface area (Å²) in [4.78, 5) is 0. The van der Waals surface area contributed by atoms with Gasteiger partial charge in [-0.15, -0.1) is 0 Å². The molecule has 0 aliphatic heterocycles. The summed E-state index contributed by atoms with van der Waals surface area (Å²) in [5.41, 5.74) is 3.48. The van der Waals surface area contributed by atoms with E-state index in [0.717, 1.165) is 16.9 Å². The average Bonchev–Trinajstić information content (AvgIpc) is 2.49. The first-order valence-electron chi connectivity index (χ1n) is 6.34. The molecule has 2 aromatic rings. The Morgan fingerprint density at radius 2 is 1.47 bits per heavy atom. The number of hydrogen-bond acceptors (Lipinski definition) is 1. The fraction of sp³-hybridized carbons (Fsp3) is 0.111. The second-order valence-corrected chi connectivity index (χ2v) is 4.30. The van der Waals surface area contributed by atoms with Crippen molar-refractivity contribution in [3.05, 3.63) is 83.6 Å². The second kappa shape index (κ2) is 6.60. The van der Waals surface area contributed by atoms with Crippen LogP contribution in [-0.4, -0.2) is 7.11 Å². The smallest absolute Gasteiger partial charge is 0.122 e. The van der Waals surface area contributed by atoms with E-state index in [1.807, 2.05) is 42.5 Å². The third kappa shape index (κ3) is 3.59. The van der Waals surface area contributed by atoms with E-state index in [4.69, 9.17) is 4.74 Å². The van der Waals surface area contributed by atoms with Crippen molar-refractivity contribution in [3.63, 3.8) is 0 Å². The summed E-state index contributed by atoms with van der Waals surface area (Å²) in [6.45, 7) is 2.07. The van der Waals surface area contributed by atoms with E-state index in [1.54, 1.807) is 7.11 Å². The first-order valence-corrected chi connectivity index (χ1v) is 6.34. The molecule has 0 unspecified atom stereocenters. The van der Waals surface area contributed by atoms with E-state index in [-0.39, 0.29) is 0 Å². The Morgan fingerprint density at radius 3 is 2.05 bits per heavy atom. The van der Waals surface area contributed by atoms with Crippen LogP contribution in [0.4, 0.5) is 0 Å². The van der Waals surface area contributed by atoms with Crippen molar-refractivity contribution in [2.45, 2.75) is 6.92 Å². The minimum Gasteiger partial charge on any atom is -0.496 e. The Kier molecular flexibility index (Phi) is 4.57. The molecule has 0 heterocycles. The van der Waals surface area contributed by atoms with E-state index in [0.29, 0.717) is 0 Å². The van der Waals surface area contributed by atoms with Crippen LogP contribution in [0.2, 0.25) is 0 Å². The van der Waals surface area contributed by atoms with Gasteiger partial charge in [-0.3, -0.25) is 0 Å². The highest BCUT2D eigenvalue weighted by atomic mass is 16.5.